The number of carbonyl (C=O) groups excluding carboxylic acids is 1. The predicted octanol–water partition coefficient (Wildman–Crippen LogP) is 0.466. The standard InChI is InChI=1S/C25H37N5O5/c1-33-23-5-3-2-4-20(23)6-7-26-25(32)22-19-35-24(27-22)18-29-10-8-28(9-11-29)16-21(31)17-30-12-14-34-15-13-30/h2-5,19,21,31H,6-18H2,1H3,(H,26,32)/t21-/m0/s1. The van der Waals surface area contributed by atoms with Crippen molar-refractivity contribution in [3.63, 3.8) is 0 Å². The van der Waals surface area contributed by atoms with Crippen molar-refractivity contribution in [1.29, 1.82) is 0 Å². The van der Waals surface area contributed by atoms with Gasteiger partial charge in [0, 0.05) is 58.9 Å². The van der Waals surface area contributed by atoms with Crippen LogP contribution in [-0.4, -0.2) is 116 Å². The molecule has 1 aromatic heterocycles. The summed E-state index contributed by atoms with van der Waals surface area (Å²) in [4.78, 5) is 23.7. The number of carbonyl (C=O) groups is 1. The third-order valence-electron chi connectivity index (χ3n) is 6.52. The van der Waals surface area contributed by atoms with Gasteiger partial charge in [-0.2, -0.15) is 0 Å². The van der Waals surface area contributed by atoms with Crippen LogP contribution in [0.4, 0.5) is 0 Å². The number of nitrogens with zero attached hydrogens (tertiary/aromatic N) is 4. The van der Waals surface area contributed by atoms with Crippen molar-refractivity contribution in [3.8, 4) is 5.75 Å². The van der Waals surface area contributed by atoms with Crippen LogP contribution in [0.1, 0.15) is 21.9 Å². The molecular weight excluding hydrogens is 450 g/mol. The van der Waals surface area contributed by atoms with Gasteiger partial charge in [-0.05, 0) is 18.1 Å². The second-order valence-corrected chi connectivity index (χ2v) is 9.09. The third-order valence-corrected chi connectivity index (χ3v) is 6.52. The SMILES string of the molecule is COc1ccccc1CCNC(=O)c1coc(CN2CCN(C[C@H](O)CN3CCOCC3)CC2)n1. The monoisotopic (exact) mass is 487 g/mol. The highest BCUT2D eigenvalue weighted by Gasteiger charge is 2.23. The summed E-state index contributed by atoms with van der Waals surface area (Å²) < 4.78 is 16.3. The molecule has 2 fully saturated rings. The Morgan fingerprint density at radius 3 is 2.51 bits per heavy atom. The minimum absolute atomic E-state index is 0.242. The van der Waals surface area contributed by atoms with Gasteiger partial charge in [0.2, 0.25) is 5.89 Å². The average molecular weight is 488 g/mol. The molecule has 0 unspecified atom stereocenters. The van der Waals surface area contributed by atoms with Crippen molar-refractivity contribution in [1.82, 2.24) is 25.0 Å². The van der Waals surface area contributed by atoms with Crippen LogP contribution in [0.2, 0.25) is 0 Å². The number of aliphatic hydroxyl groups excluding tert-OH is 1. The quantitative estimate of drug-likeness (QED) is 0.468. The molecule has 10 nitrogen and oxygen atoms in total. The fourth-order valence-corrected chi connectivity index (χ4v) is 4.56. The molecule has 0 bridgehead atoms. The van der Waals surface area contributed by atoms with Crippen molar-refractivity contribution >= 4 is 5.91 Å². The van der Waals surface area contributed by atoms with E-state index in [1.807, 2.05) is 24.3 Å². The second kappa shape index (κ2) is 13.0. The highest BCUT2D eigenvalue weighted by molar-refractivity contribution is 5.91. The number of methoxy groups -OCH3 is 1. The Kier molecular flexibility index (Phi) is 9.50. The molecule has 1 amide bonds. The summed E-state index contributed by atoms with van der Waals surface area (Å²) in [5, 5.41) is 13.4. The molecule has 0 saturated carbocycles. The molecule has 10 heteroatoms. The number of morpholine rings is 1. The van der Waals surface area contributed by atoms with Crippen LogP contribution < -0.4 is 10.1 Å². The van der Waals surface area contributed by atoms with Gasteiger partial charge >= 0.3 is 0 Å². The zero-order chi connectivity index (χ0) is 24.5. The highest BCUT2D eigenvalue weighted by atomic mass is 16.5. The number of β-amino-alcohol motifs (C(OH)–C–C–N with tert-alkyl or cyclic N) is 1. The highest BCUT2D eigenvalue weighted by Crippen LogP contribution is 2.17. The van der Waals surface area contributed by atoms with Crippen LogP contribution in [0.3, 0.4) is 0 Å². The molecule has 0 spiro atoms. The van der Waals surface area contributed by atoms with E-state index in [2.05, 4.69) is 25.0 Å². The lowest BCUT2D eigenvalue weighted by atomic mass is 10.1. The number of hydrogen-bond donors (Lipinski definition) is 2. The van der Waals surface area contributed by atoms with E-state index in [-0.39, 0.29) is 12.0 Å². The van der Waals surface area contributed by atoms with Gasteiger partial charge < -0.3 is 24.3 Å². The van der Waals surface area contributed by atoms with Crippen LogP contribution >= 0.6 is 0 Å². The summed E-state index contributed by atoms with van der Waals surface area (Å²) in [5.74, 6) is 1.12. The number of hydrogen-bond acceptors (Lipinski definition) is 9. The number of nitrogens with one attached hydrogen (secondary N) is 1. The number of oxazole rings is 1. The van der Waals surface area contributed by atoms with E-state index in [1.165, 1.54) is 6.26 Å². The number of amides is 1. The van der Waals surface area contributed by atoms with Crippen LogP contribution in [-0.2, 0) is 17.7 Å². The molecule has 35 heavy (non-hydrogen) atoms. The number of aliphatic hydroxyl groups is 1. The molecular formula is C25H37N5O5. The minimum Gasteiger partial charge on any atom is -0.496 e. The molecule has 1 aromatic carbocycles. The Morgan fingerprint density at radius 1 is 1.09 bits per heavy atom. The smallest absolute Gasteiger partial charge is 0.273 e. The summed E-state index contributed by atoms with van der Waals surface area (Å²) in [7, 11) is 1.64. The molecule has 4 rings (SSSR count). The molecule has 2 saturated heterocycles. The summed E-state index contributed by atoms with van der Waals surface area (Å²) in [6.45, 7) is 9.23. The lowest BCUT2D eigenvalue weighted by Crippen LogP contribution is -2.50. The number of piperazine rings is 1. The Bertz CT molecular complexity index is 924. The number of ether oxygens (including phenoxy) is 2. The fraction of sp³-hybridized carbons (Fsp3) is 0.600. The summed E-state index contributed by atoms with van der Waals surface area (Å²) in [6, 6.07) is 7.78. The number of aromatic nitrogens is 1. The van der Waals surface area contributed by atoms with Gasteiger partial charge in [0.15, 0.2) is 5.69 Å². The van der Waals surface area contributed by atoms with Crippen LogP contribution in [0, 0.1) is 0 Å². The number of rotatable bonds is 11. The summed E-state index contributed by atoms with van der Waals surface area (Å²) >= 11 is 0. The third kappa shape index (κ3) is 7.74. The maximum absolute atomic E-state index is 12.5. The van der Waals surface area contributed by atoms with Crippen molar-refractivity contribution in [2.75, 3.05) is 79.2 Å². The molecule has 1 atom stereocenters. The first-order valence-corrected chi connectivity index (χ1v) is 12.4. The molecule has 2 aliphatic rings. The first-order chi connectivity index (χ1) is 17.1. The lowest BCUT2D eigenvalue weighted by molar-refractivity contribution is 0.00187. The molecule has 0 aliphatic carbocycles. The number of benzene rings is 1. The Morgan fingerprint density at radius 2 is 1.77 bits per heavy atom. The average Bonchev–Trinajstić information content (AvgIpc) is 3.34. The minimum atomic E-state index is -0.351. The topological polar surface area (TPSA) is 104 Å². The van der Waals surface area contributed by atoms with E-state index in [1.54, 1.807) is 7.11 Å². The van der Waals surface area contributed by atoms with Gasteiger partial charge in [0.25, 0.3) is 5.91 Å². The zero-order valence-corrected chi connectivity index (χ0v) is 20.5. The van der Waals surface area contributed by atoms with Gasteiger partial charge in [-0.3, -0.25) is 19.5 Å². The van der Waals surface area contributed by atoms with E-state index in [0.29, 0.717) is 44.2 Å². The van der Waals surface area contributed by atoms with E-state index in [0.717, 1.165) is 63.8 Å². The van der Waals surface area contributed by atoms with Gasteiger partial charge in [0.05, 0.1) is 33.0 Å². The van der Waals surface area contributed by atoms with Crippen LogP contribution in [0.25, 0.3) is 0 Å². The van der Waals surface area contributed by atoms with Gasteiger partial charge in [0.1, 0.15) is 12.0 Å². The Hall–Kier alpha value is -2.50. The predicted molar refractivity (Wildman–Crippen MR) is 131 cm³/mol. The summed E-state index contributed by atoms with van der Waals surface area (Å²) in [5.41, 5.74) is 1.34. The van der Waals surface area contributed by atoms with Gasteiger partial charge in [-0.15, -0.1) is 0 Å². The fourth-order valence-electron chi connectivity index (χ4n) is 4.56. The van der Waals surface area contributed by atoms with Crippen molar-refractivity contribution in [2.24, 2.45) is 0 Å². The first kappa shape index (κ1) is 25.6. The van der Waals surface area contributed by atoms with E-state index < -0.39 is 0 Å². The molecule has 0 radical (unpaired) electrons. The van der Waals surface area contributed by atoms with Crippen molar-refractivity contribution in [2.45, 2.75) is 19.1 Å². The van der Waals surface area contributed by atoms with E-state index in [4.69, 9.17) is 13.9 Å². The maximum Gasteiger partial charge on any atom is 0.273 e. The molecule has 2 N–H and O–H groups in total. The summed E-state index contributed by atoms with van der Waals surface area (Å²) in [6.07, 6.45) is 1.74. The molecule has 192 valence electrons. The van der Waals surface area contributed by atoms with E-state index in [9.17, 15) is 9.90 Å². The van der Waals surface area contributed by atoms with Crippen LogP contribution in [0.15, 0.2) is 34.9 Å². The Labute approximate surface area is 206 Å². The van der Waals surface area contributed by atoms with Crippen molar-refractivity contribution in [3.05, 3.63) is 47.7 Å². The number of para-hydroxylation sites is 1. The maximum atomic E-state index is 12.5. The largest absolute Gasteiger partial charge is 0.496 e. The molecule has 2 aliphatic heterocycles. The van der Waals surface area contributed by atoms with Crippen molar-refractivity contribution < 1.29 is 23.8 Å². The van der Waals surface area contributed by atoms with Gasteiger partial charge in [-0.1, -0.05) is 18.2 Å². The molecule has 3 heterocycles. The van der Waals surface area contributed by atoms with E-state index >= 15 is 0 Å². The van der Waals surface area contributed by atoms with Crippen LogP contribution in [0.5, 0.6) is 5.75 Å². The Balaban J connectivity index is 1.15. The normalized spacial score (nSPS) is 18.9. The second-order valence-electron chi connectivity index (χ2n) is 9.09. The molecule has 2 aromatic rings. The van der Waals surface area contributed by atoms with Gasteiger partial charge in [-0.25, -0.2) is 4.98 Å². The first-order valence-electron chi connectivity index (χ1n) is 12.4. The lowest BCUT2D eigenvalue weighted by Gasteiger charge is -2.36. The zero-order valence-electron chi connectivity index (χ0n) is 20.5.